The molecule has 1 aromatic rings. The van der Waals surface area contributed by atoms with Crippen molar-refractivity contribution in [3.63, 3.8) is 0 Å². The molecular formula is C12H14BrClN2O2. The summed E-state index contributed by atoms with van der Waals surface area (Å²) in [6, 6.07) is 4.98. The van der Waals surface area contributed by atoms with Crippen molar-refractivity contribution in [2.75, 3.05) is 18.4 Å². The number of benzene rings is 1. The van der Waals surface area contributed by atoms with Gasteiger partial charge in [-0.05, 0) is 47.0 Å². The summed E-state index contributed by atoms with van der Waals surface area (Å²) >= 11 is 9.18. The number of carbonyl (C=O) groups is 1. The molecule has 2 amide bonds. The third kappa shape index (κ3) is 3.37. The molecule has 0 aromatic heterocycles. The predicted molar refractivity (Wildman–Crippen MR) is 75.0 cm³/mol. The first kappa shape index (κ1) is 13.6. The third-order valence-corrected chi connectivity index (χ3v) is 3.75. The Hall–Kier alpha value is -0.780. The fraction of sp³-hybridized carbons (Fsp3) is 0.417. The zero-order chi connectivity index (χ0) is 13.1. The summed E-state index contributed by atoms with van der Waals surface area (Å²) in [4.78, 5) is 13.6. The highest BCUT2D eigenvalue weighted by Crippen LogP contribution is 2.26. The summed E-state index contributed by atoms with van der Waals surface area (Å²) in [7, 11) is 0. The van der Waals surface area contributed by atoms with Crippen LogP contribution in [0.4, 0.5) is 10.5 Å². The van der Waals surface area contributed by atoms with Crippen molar-refractivity contribution >= 4 is 39.2 Å². The molecule has 1 aliphatic heterocycles. The number of rotatable bonds is 1. The van der Waals surface area contributed by atoms with Gasteiger partial charge in [0.1, 0.15) is 0 Å². The predicted octanol–water partition coefficient (Wildman–Crippen LogP) is 3.09. The number of aliphatic hydroxyl groups excluding tert-OH is 1. The Balaban J connectivity index is 2.02. The molecule has 1 atom stereocenters. The van der Waals surface area contributed by atoms with E-state index in [2.05, 4.69) is 21.2 Å². The van der Waals surface area contributed by atoms with Gasteiger partial charge in [-0.1, -0.05) is 11.6 Å². The third-order valence-electron chi connectivity index (χ3n) is 2.86. The second-order valence-electron chi connectivity index (χ2n) is 4.30. The van der Waals surface area contributed by atoms with Gasteiger partial charge < -0.3 is 15.3 Å². The minimum Gasteiger partial charge on any atom is -0.391 e. The number of hydrogen-bond donors (Lipinski definition) is 2. The molecule has 0 bridgehead atoms. The molecule has 2 rings (SSSR count). The Morgan fingerprint density at radius 1 is 1.56 bits per heavy atom. The van der Waals surface area contributed by atoms with Crippen molar-refractivity contribution in [1.82, 2.24) is 4.90 Å². The highest BCUT2D eigenvalue weighted by Gasteiger charge is 2.22. The van der Waals surface area contributed by atoms with Crippen LogP contribution in [0.3, 0.4) is 0 Å². The number of halogens is 2. The van der Waals surface area contributed by atoms with Crippen molar-refractivity contribution in [1.29, 1.82) is 0 Å². The number of nitrogens with zero attached hydrogens (tertiary/aromatic N) is 1. The molecule has 4 nitrogen and oxygen atoms in total. The van der Waals surface area contributed by atoms with Crippen LogP contribution in [0.5, 0.6) is 0 Å². The van der Waals surface area contributed by atoms with Crippen LogP contribution in [0.25, 0.3) is 0 Å². The van der Waals surface area contributed by atoms with Crippen LogP contribution in [0.2, 0.25) is 5.02 Å². The lowest BCUT2D eigenvalue weighted by atomic mass is 10.1. The maximum absolute atomic E-state index is 12.0. The zero-order valence-electron chi connectivity index (χ0n) is 9.70. The Labute approximate surface area is 119 Å². The maximum Gasteiger partial charge on any atom is 0.321 e. The Bertz CT molecular complexity index is 456. The van der Waals surface area contributed by atoms with Crippen LogP contribution in [0.15, 0.2) is 22.7 Å². The van der Waals surface area contributed by atoms with E-state index in [1.54, 1.807) is 23.1 Å². The number of urea groups is 1. The van der Waals surface area contributed by atoms with E-state index in [0.29, 0.717) is 23.8 Å². The Morgan fingerprint density at radius 3 is 3.00 bits per heavy atom. The van der Waals surface area contributed by atoms with E-state index < -0.39 is 6.10 Å². The highest BCUT2D eigenvalue weighted by molar-refractivity contribution is 9.10. The van der Waals surface area contributed by atoms with E-state index in [4.69, 9.17) is 11.6 Å². The molecule has 0 spiro atoms. The number of amides is 2. The largest absolute Gasteiger partial charge is 0.391 e. The summed E-state index contributed by atoms with van der Waals surface area (Å²) in [5, 5.41) is 12.9. The van der Waals surface area contributed by atoms with Gasteiger partial charge in [-0.25, -0.2) is 4.79 Å². The number of β-amino-alcohol motifs (C(OH)–C–C–N with tert-alkyl or cyclic N) is 1. The molecule has 1 unspecified atom stereocenters. The van der Waals surface area contributed by atoms with Crippen LogP contribution in [-0.2, 0) is 0 Å². The van der Waals surface area contributed by atoms with Gasteiger partial charge in [-0.3, -0.25) is 0 Å². The standard InChI is InChI=1S/C12H14BrClN2O2/c13-10-6-8(14)3-4-11(10)15-12(18)16-5-1-2-9(17)7-16/h3-4,6,9,17H,1-2,5,7H2,(H,15,18). The van der Waals surface area contributed by atoms with Crippen molar-refractivity contribution < 1.29 is 9.90 Å². The van der Waals surface area contributed by atoms with Crippen LogP contribution >= 0.6 is 27.5 Å². The van der Waals surface area contributed by atoms with E-state index >= 15 is 0 Å². The molecule has 1 saturated heterocycles. The Kier molecular flexibility index (Phi) is 4.48. The fourth-order valence-corrected chi connectivity index (χ4v) is 2.71. The topological polar surface area (TPSA) is 52.6 Å². The second kappa shape index (κ2) is 5.91. The average molecular weight is 334 g/mol. The lowest BCUT2D eigenvalue weighted by Crippen LogP contribution is -2.44. The van der Waals surface area contributed by atoms with Crippen molar-refractivity contribution in [3.8, 4) is 0 Å². The maximum atomic E-state index is 12.0. The monoisotopic (exact) mass is 332 g/mol. The van der Waals surface area contributed by atoms with Gasteiger partial charge in [-0.15, -0.1) is 0 Å². The number of aliphatic hydroxyl groups is 1. The second-order valence-corrected chi connectivity index (χ2v) is 5.59. The van der Waals surface area contributed by atoms with Crippen LogP contribution < -0.4 is 5.32 Å². The molecule has 98 valence electrons. The highest BCUT2D eigenvalue weighted by atomic mass is 79.9. The normalized spacial score (nSPS) is 19.7. The number of hydrogen-bond acceptors (Lipinski definition) is 2. The molecule has 0 saturated carbocycles. The quantitative estimate of drug-likeness (QED) is 0.830. The number of piperidine rings is 1. The molecule has 1 aliphatic rings. The van der Waals surface area contributed by atoms with Crippen molar-refractivity contribution in [2.24, 2.45) is 0 Å². The molecule has 0 radical (unpaired) electrons. The smallest absolute Gasteiger partial charge is 0.321 e. The van der Waals surface area contributed by atoms with Crippen molar-refractivity contribution in [2.45, 2.75) is 18.9 Å². The van der Waals surface area contributed by atoms with Gasteiger partial charge in [0.25, 0.3) is 0 Å². The molecule has 6 heteroatoms. The number of anilines is 1. The van der Waals surface area contributed by atoms with Crippen LogP contribution in [0.1, 0.15) is 12.8 Å². The molecule has 0 aliphatic carbocycles. The van der Waals surface area contributed by atoms with Gasteiger partial charge in [-0.2, -0.15) is 0 Å². The summed E-state index contributed by atoms with van der Waals surface area (Å²) < 4.78 is 0.737. The van der Waals surface area contributed by atoms with E-state index in [-0.39, 0.29) is 6.03 Å². The van der Waals surface area contributed by atoms with Gasteiger partial charge in [0, 0.05) is 22.6 Å². The minimum absolute atomic E-state index is 0.197. The molecule has 2 N–H and O–H groups in total. The zero-order valence-corrected chi connectivity index (χ0v) is 12.0. The van der Waals surface area contributed by atoms with Gasteiger partial charge in [0.15, 0.2) is 0 Å². The van der Waals surface area contributed by atoms with E-state index in [1.165, 1.54) is 0 Å². The molecule has 1 fully saturated rings. The van der Waals surface area contributed by atoms with Crippen LogP contribution in [0, 0.1) is 0 Å². The number of likely N-dealkylation sites (tertiary alicyclic amines) is 1. The first-order valence-corrected chi connectivity index (χ1v) is 6.92. The number of nitrogens with one attached hydrogen (secondary N) is 1. The van der Waals surface area contributed by atoms with E-state index in [0.717, 1.165) is 17.3 Å². The van der Waals surface area contributed by atoms with Gasteiger partial charge in [0.2, 0.25) is 0 Å². The fourth-order valence-electron chi connectivity index (χ4n) is 1.92. The summed E-state index contributed by atoms with van der Waals surface area (Å²) in [6.07, 6.45) is 1.17. The van der Waals surface area contributed by atoms with Crippen LogP contribution in [-0.4, -0.2) is 35.2 Å². The molecular weight excluding hydrogens is 320 g/mol. The van der Waals surface area contributed by atoms with Gasteiger partial charge in [0.05, 0.1) is 11.8 Å². The average Bonchev–Trinajstić information content (AvgIpc) is 2.32. The summed E-state index contributed by atoms with van der Waals surface area (Å²) in [5.41, 5.74) is 0.671. The first-order chi connectivity index (χ1) is 8.56. The van der Waals surface area contributed by atoms with E-state index in [9.17, 15) is 9.90 Å². The van der Waals surface area contributed by atoms with Gasteiger partial charge >= 0.3 is 6.03 Å². The molecule has 1 heterocycles. The lowest BCUT2D eigenvalue weighted by Gasteiger charge is -2.30. The minimum atomic E-state index is -0.418. The van der Waals surface area contributed by atoms with Crippen molar-refractivity contribution in [3.05, 3.63) is 27.7 Å². The summed E-state index contributed by atoms with van der Waals surface area (Å²) in [6.45, 7) is 1.06. The lowest BCUT2D eigenvalue weighted by molar-refractivity contribution is 0.0883. The molecule has 18 heavy (non-hydrogen) atoms. The Morgan fingerprint density at radius 2 is 2.33 bits per heavy atom. The summed E-state index contributed by atoms with van der Waals surface area (Å²) in [5.74, 6) is 0. The first-order valence-electron chi connectivity index (χ1n) is 5.75. The SMILES string of the molecule is O=C(Nc1ccc(Cl)cc1Br)N1CCCC(O)C1. The van der Waals surface area contributed by atoms with E-state index in [1.807, 2.05) is 0 Å². The molecule has 1 aromatic carbocycles. The number of carbonyl (C=O) groups excluding carboxylic acids is 1.